The molecule has 18 heavy (non-hydrogen) atoms. The molecule has 3 saturated carbocycles. The minimum absolute atomic E-state index is 0.194. The summed E-state index contributed by atoms with van der Waals surface area (Å²) in [6.07, 6.45) is 4.73. The third-order valence-corrected chi connectivity index (χ3v) is 5.62. The highest BCUT2D eigenvalue weighted by Crippen LogP contribution is 2.60. The second-order valence-electron chi connectivity index (χ2n) is 6.97. The van der Waals surface area contributed by atoms with Crippen LogP contribution in [0.3, 0.4) is 0 Å². The molecule has 0 amide bonds. The van der Waals surface area contributed by atoms with E-state index < -0.39 is 0 Å². The first kappa shape index (κ1) is 13.4. The molecule has 100 valence electrons. The maximum Gasteiger partial charge on any atom is 0.387 e. The Morgan fingerprint density at radius 1 is 1.44 bits per heavy atom. The number of fused-ring (bicyclic) bond motifs is 3. The van der Waals surface area contributed by atoms with Crippen LogP contribution in [0.1, 0.15) is 47.0 Å². The van der Waals surface area contributed by atoms with E-state index in [2.05, 4.69) is 32.7 Å². The summed E-state index contributed by atoms with van der Waals surface area (Å²) in [5.41, 5.74) is -0.194. The highest BCUT2D eigenvalue weighted by Gasteiger charge is 2.54. The van der Waals surface area contributed by atoms with Crippen LogP contribution in [0.15, 0.2) is 12.0 Å². The molecule has 2 bridgehead atoms. The maximum atomic E-state index is 10.2. The fraction of sp³-hybridized carbons (Fsp3) is 0.867. The fourth-order valence-corrected chi connectivity index (χ4v) is 4.67. The van der Waals surface area contributed by atoms with E-state index in [1.54, 1.807) is 0 Å². The van der Waals surface area contributed by atoms with Crippen molar-refractivity contribution in [3.05, 3.63) is 16.9 Å². The normalized spacial score (nSPS) is 44.1. The van der Waals surface area contributed by atoms with E-state index in [1.807, 2.05) is 0 Å². The van der Waals surface area contributed by atoms with Gasteiger partial charge in [0.1, 0.15) is 0 Å². The molecule has 0 heterocycles. The van der Waals surface area contributed by atoms with Gasteiger partial charge in [-0.15, -0.1) is 0 Å². The Morgan fingerprint density at radius 3 is 2.61 bits per heavy atom. The van der Waals surface area contributed by atoms with Gasteiger partial charge in [-0.1, -0.05) is 27.7 Å². The summed E-state index contributed by atoms with van der Waals surface area (Å²) in [4.78, 5) is 3.01. The number of aliphatic hydroxyl groups excluding tert-OH is 1. The molecule has 0 spiro atoms. The Hall–Kier alpha value is -1.04. The van der Waals surface area contributed by atoms with E-state index >= 15 is 0 Å². The monoisotopic (exact) mass is 249 g/mol. The smallest absolute Gasteiger partial charge is 0.387 e. The van der Waals surface area contributed by atoms with E-state index in [0.29, 0.717) is 17.8 Å². The molecule has 3 aliphatic rings. The van der Waals surface area contributed by atoms with Gasteiger partial charge in [-0.3, -0.25) is 0 Å². The standard InChI is InChI=1S/C15H24N2O/c1-9(2)12-6-13-10(3)5-11(12)7-15(13,4)14(18)8-17-16/h8-13H,5-7H2,1-4H3/p+1/b14-8-/t10-,11+,12+,13-,15-/m1/s1. The molecule has 3 rings (SSSR count). The molecular formula is C15H25N2O+. The molecule has 0 radical (unpaired) electrons. The lowest BCUT2D eigenvalue weighted by Crippen LogP contribution is -2.50. The first-order valence-corrected chi connectivity index (χ1v) is 7.14. The number of aliphatic hydroxyl groups is 1. The second kappa shape index (κ2) is 4.57. The zero-order valence-electron chi connectivity index (χ0n) is 11.9. The van der Waals surface area contributed by atoms with Gasteiger partial charge in [-0.2, -0.15) is 0 Å². The third kappa shape index (κ3) is 1.92. The van der Waals surface area contributed by atoms with Gasteiger partial charge >= 0.3 is 6.20 Å². The van der Waals surface area contributed by atoms with E-state index in [-0.39, 0.29) is 11.2 Å². The first-order chi connectivity index (χ1) is 8.40. The minimum atomic E-state index is -0.194. The fourth-order valence-electron chi connectivity index (χ4n) is 4.67. The highest BCUT2D eigenvalue weighted by molar-refractivity contribution is 5.16. The van der Waals surface area contributed by atoms with Gasteiger partial charge in [0.2, 0.25) is 5.39 Å². The largest absolute Gasteiger partial charge is 0.505 e. The molecular weight excluding hydrogens is 224 g/mol. The highest BCUT2D eigenvalue weighted by atomic mass is 16.3. The Labute approximate surface area is 110 Å². The van der Waals surface area contributed by atoms with E-state index in [4.69, 9.17) is 5.39 Å². The number of allylic oxidation sites excluding steroid dienone is 1. The van der Waals surface area contributed by atoms with Crippen molar-refractivity contribution in [3.8, 4) is 0 Å². The second-order valence-corrected chi connectivity index (χ2v) is 6.97. The van der Waals surface area contributed by atoms with E-state index in [1.165, 1.54) is 19.0 Å². The number of hydrogen-bond donors (Lipinski definition) is 1. The molecule has 3 nitrogen and oxygen atoms in total. The van der Waals surface area contributed by atoms with Crippen LogP contribution in [-0.4, -0.2) is 5.11 Å². The summed E-state index contributed by atoms with van der Waals surface area (Å²) in [6, 6.07) is 0. The van der Waals surface area contributed by atoms with Crippen LogP contribution in [0.5, 0.6) is 0 Å². The van der Waals surface area contributed by atoms with Gasteiger partial charge in [-0.25, -0.2) is 0 Å². The molecule has 3 aliphatic carbocycles. The molecule has 1 N–H and O–H groups in total. The van der Waals surface area contributed by atoms with Crippen LogP contribution in [0, 0.1) is 40.4 Å². The molecule has 0 aromatic heterocycles. The lowest BCUT2D eigenvalue weighted by atomic mass is 9.48. The van der Waals surface area contributed by atoms with Crippen LogP contribution in [-0.2, 0) is 0 Å². The summed E-state index contributed by atoms with van der Waals surface area (Å²) in [6.45, 7) is 9.06. The lowest BCUT2D eigenvalue weighted by molar-refractivity contribution is -0.0737. The van der Waals surface area contributed by atoms with Crippen LogP contribution < -0.4 is 0 Å². The topological polar surface area (TPSA) is 48.4 Å². The Morgan fingerprint density at radius 2 is 2.11 bits per heavy atom. The van der Waals surface area contributed by atoms with Crippen molar-refractivity contribution < 1.29 is 5.11 Å². The van der Waals surface area contributed by atoms with Crippen molar-refractivity contribution in [2.45, 2.75) is 47.0 Å². The van der Waals surface area contributed by atoms with Gasteiger partial charge < -0.3 is 5.11 Å². The van der Waals surface area contributed by atoms with E-state index in [0.717, 1.165) is 18.3 Å². The third-order valence-electron chi connectivity index (χ3n) is 5.62. The van der Waals surface area contributed by atoms with Gasteiger partial charge in [0.15, 0.2) is 10.7 Å². The average Bonchev–Trinajstić information content (AvgIpc) is 2.28. The number of rotatable bonds is 2. The molecule has 0 unspecified atom stereocenters. The molecule has 0 aromatic rings. The Balaban J connectivity index is 2.29. The average molecular weight is 249 g/mol. The van der Waals surface area contributed by atoms with Crippen LogP contribution in [0.4, 0.5) is 0 Å². The maximum absolute atomic E-state index is 10.2. The summed E-state index contributed by atoms with van der Waals surface area (Å²) in [5, 5.41) is 18.9. The summed E-state index contributed by atoms with van der Waals surface area (Å²) in [7, 11) is 0. The molecule has 5 atom stereocenters. The van der Waals surface area contributed by atoms with Crippen LogP contribution in [0.25, 0.3) is 4.98 Å². The van der Waals surface area contributed by atoms with Crippen molar-refractivity contribution in [1.29, 1.82) is 5.39 Å². The molecule has 0 saturated heterocycles. The zero-order chi connectivity index (χ0) is 13.5. The van der Waals surface area contributed by atoms with Crippen molar-refractivity contribution >= 4 is 0 Å². The van der Waals surface area contributed by atoms with Crippen molar-refractivity contribution in [2.24, 2.45) is 35.0 Å². The first-order valence-electron chi connectivity index (χ1n) is 7.14. The molecule has 0 aromatic carbocycles. The van der Waals surface area contributed by atoms with Crippen molar-refractivity contribution in [3.63, 3.8) is 0 Å². The molecule has 0 aliphatic heterocycles. The van der Waals surface area contributed by atoms with Gasteiger partial charge in [0, 0.05) is 5.41 Å². The number of nitrogens with zero attached hydrogens (tertiary/aromatic N) is 2. The predicted molar refractivity (Wildman–Crippen MR) is 72.2 cm³/mol. The Bertz CT molecular complexity index is 396. The van der Waals surface area contributed by atoms with Crippen LogP contribution in [0.2, 0.25) is 0 Å². The minimum Gasteiger partial charge on any atom is -0.505 e. The zero-order valence-corrected chi connectivity index (χ0v) is 11.9. The molecule has 3 fully saturated rings. The molecule has 3 heteroatoms. The summed E-state index contributed by atoms with van der Waals surface area (Å²) >= 11 is 0. The Kier molecular flexibility index (Phi) is 3.40. The van der Waals surface area contributed by atoms with Crippen LogP contribution >= 0.6 is 0 Å². The summed E-state index contributed by atoms with van der Waals surface area (Å²) in [5.74, 6) is 3.63. The summed E-state index contributed by atoms with van der Waals surface area (Å²) < 4.78 is 0. The number of diazo groups is 1. The van der Waals surface area contributed by atoms with E-state index in [9.17, 15) is 5.11 Å². The number of hydrogen-bond acceptors (Lipinski definition) is 2. The lowest BCUT2D eigenvalue weighted by Gasteiger charge is -2.56. The quantitative estimate of drug-likeness (QED) is 0.575. The SMILES string of the molecule is CC(C)[C@@H]1C[C@@H]2[C@H](C)C[C@H]1C[C@@]2(C)/C(O)=C/[N+]#N. The van der Waals surface area contributed by atoms with Gasteiger partial charge in [-0.05, 0) is 48.9 Å². The van der Waals surface area contributed by atoms with Gasteiger partial charge in [0.05, 0.1) is 0 Å². The van der Waals surface area contributed by atoms with Crippen molar-refractivity contribution in [2.75, 3.05) is 0 Å². The van der Waals surface area contributed by atoms with Crippen molar-refractivity contribution in [1.82, 2.24) is 0 Å². The van der Waals surface area contributed by atoms with Gasteiger partial charge in [0.25, 0.3) is 0 Å². The predicted octanol–water partition coefficient (Wildman–Crippen LogP) is 4.58.